The van der Waals surface area contributed by atoms with E-state index in [4.69, 9.17) is 5.26 Å². The van der Waals surface area contributed by atoms with Crippen molar-refractivity contribution in [3.8, 4) is 6.07 Å². The number of hydrogen-bond donors (Lipinski definition) is 0. The molecular weight excluding hydrogens is 210 g/mol. The van der Waals surface area contributed by atoms with Gasteiger partial charge in [0, 0.05) is 24.4 Å². The second-order valence-corrected chi connectivity index (χ2v) is 3.74. The van der Waals surface area contributed by atoms with Gasteiger partial charge in [-0.2, -0.15) is 5.26 Å². The highest BCUT2D eigenvalue weighted by molar-refractivity contribution is 5.81. The predicted octanol–water partition coefficient (Wildman–Crippen LogP) is 2.87. The van der Waals surface area contributed by atoms with Crippen molar-refractivity contribution in [2.24, 2.45) is 4.99 Å². The maximum absolute atomic E-state index is 8.72. The average molecular weight is 223 g/mol. The Morgan fingerprint density at radius 3 is 2.71 bits per heavy atom. The number of allylic oxidation sites excluding steroid dienone is 1. The molecule has 0 atom stereocenters. The number of rotatable bonds is 3. The van der Waals surface area contributed by atoms with Crippen LogP contribution in [0.2, 0.25) is 0 Å². The summed E-state index contributed by atoms with van der Waals surface area (Å²) < 4.78 is 0. The van der Waals surface area contributed by atoms with Gasteiger partial charge in [-0.25, -0.2) is 4.99 Å². The standard InChI is InChI=1S/C14H13N3/c1-2-3-13-8-9-17(11-16-13)14-6-4-12(10-15)5-7-14/h2,4-8,11H,1,3,9H2. The van der Waals surface area contributed by atoms with Crippen molar-refractivity contribution in [2.75, 3.05) is 11.4 Å². The summed E-state index contributed by atoms with van der Waals surface area (Å²) in [7, 11) is 0. The van der Waals surface area contributed by atoms with Crippen molar-refractivity contribution in [3.05, 3.63) is 54.3 Å². The summed E-state index contributed by atoms with van der Waals surface area (Å²) in [6.07, 6.45) is 6.55. The lowest BCUT2D eigenvalue weighted by Crippen LogP contribution is -2.23. The van der Waals surface area contributed by atoms with E-state index in [0.717, 1.165) is 24.4 Å². The third kappa shape index (κ3) is 2.61. The zero-order chi connectivity index (χ0) is 12.1. The normalized spacial score (nSPS) is 14.1. The van der Waals surface area contributed by atoms with Gasteiger partial charge in [0.05, 0.1) is 18.0 Å². The maximum atomic E-state index is 8.72. The molecule has 0 amide bonds. The molecule has 0 N–H and O–H groups in total. The molecule has 0 saturated heterocycles. The Morgan fingerprint density at radius 2 is 2.18 bits per heavy atom. The lowest BCUT2D eigenvalue weighted by molar-refractivity contribution is 1.04. The van der Waals surface area contributed by atoms with Gasteiger partial charge in [-0.05, 0) is 30.3 Å². The lowest BCUT2D eigenvalue weighted by Gasteiger charge is -2.21. The van der Waals surface area contributed by atoms with E-state index < -0.39 is 0 Å². The van der Waals surface area contributed by atoms with E-state index in [-0.39, 0.29) is 0 Å². The number of anilines is 1. The summed E-state index contributed by atoms with van der Waals surface area (Å²) in [6.45, 7) is 4.50. The lowest BCUT2D eigenvalue weighted by atomic mass is 10.2. The first-order valence-corrected chi connectivity index (χ1v) is 5.44. The zero-order valence-corrected chi connectivity index (χ0v) is 9.50. The SMILES string of the molecule is C=CCC1=CCN(c2ccc(C#N)cc2)C=N1. The molecule has 0 spiro atoms. The molecule has 84 valence electrons. The van der Waals surface area contributed by atoms with Gasteiger partial charge in [-0.1, -0.05) is 6.08 Å². The largest absolute Gasteiger partial charge is 0.329 e. The monoisotopic (exact) mass is 223 g/mol. The van der Waals surface area contributed by atoms with E-state index in [9.17, 15) is 0 Å². The Labute approximate surface area is 101 Å². The van der Waals surface area contributed by atoms with Gasteiger partial charge in [0.2, 0.25) is 0 Å². The smallest absolute Gasteiger partial charge is 0.0991 e. The summed E-state index contributed by atoms with van der Waals surface area (Å²) in [5.74, 6) is 0. The van der Waals surface area contributed by atoms with Gasteiger partial charge in [0.25, 0.3) is 0 Å². The van der Waals surface area contributed by atoms with Crippen molar-refractivity contribution in [1.29, 1.82) is 5.26 Å². The van der Waals surface area contributed by atoms with Crippen molar-refractivity contribution >= 4 is 12.0 Å². The third-order valence-corrected chi connectivity index (χ3v) is 2.57. The Balaban J connectivity index is 2.09. The Morgan fingerprint density at radius 1 is 1.41 bits per heavy atom. The fourth-order valence-corrected chi connectivity index (χ4v) is 1.63. The quantitative estimate of drug-likeness (QED) is 0.739. The molecule has 3 nitrogen and oxygen atoms in total. The second kappa shape index (κ2) is 5.13. The first-order chi connectivity index (χ1) is 8.33. The maximum Gasteiger partial charge on any atom is 0.0991 e. The zero-order valence-electron chi connectivity index (χ0n) is 9.50. The third-order valence-electron chi connectivity index (χ3n) is 2.57. The van der Waals surface area contributed by atoms with Gasteiger partial charge in [-0.3, -0.25) is 0 Å². The van der Waals surface area contributed by atoms with E-state index in [0.29, 0.717) is 5.56 Å². The molecule has 2 rings (SSSR count). The highest BCUT2D eigenvalue weighted by Gasteiger charge is 2.07. The minimum atomic E-state index is 0.672. The van der Waals surface area contributed by atoms with Gasteiger partial charge < -0.3 is 4.90 Å². The van der Waals surface area contributed by atoms with Crippen molar-refractivity contribution in [3.63, 3.8) is 0 Å². The van der Waals surface area contributed by atoms with Crippen LogP contribution in [0.4, 0.5) is 5.69 Å². The van der Waals surface area contributed by atoms with Crippen molar-refractivity contribution < 1.29 is 0 Å². The average Bonchev–Trinajstić information content (AvgIpc) is 2.40. The summed E-state index contributed by atoms with van der Waals surface area (Å²) in [5, 5.41) is 8.72. The molecule has 1 aromatic carbocycles. The van der Waals surface area contributed by atoms with E-state index in [2.05, 4.69) is 23.7 Å². The number of nitriles is 1. The van der Waals surface area contributed by atoms with Crippen LogP contribution in [0.5, 0.6) is 0 Å². The highest BCUT2D eigenvalue weighted by Crippen LogP contribution is 2.17. The number of hydrogen-bond acceptors (Lipinski definition) is 3. The Bertz CT molecular complexity index is 503. The molecule has 1 aliphatic heterocycles. The molecule has 1 aliphatic rings. The fourth-order valence-electron chi connectivity index (χ4n) is 1.63. The van der Waals surface area contributed by atoms with Crippen LogP contribution in [0.15, 0.2) is 53.7 Å². The first kappa shape index (κ1) is 11.2. The Kier molecular flexibility index (Phi) is 3.37. The number of benzene rings is 1. The molecule has 0 aromatic heterocycles. The first-order valence-electron chi connectivity index (χ1n) is 5.44. The van der Waals surface area contributed by atoms with Crippen LogP contribution in [0.25, 0.3) is 0 Å². The van der Waals surface area contributed by atoms with Crippen molar-refractivity contribution in [2.45, 2.75) is 6.42 Å². The minimum Gasteiger partial charge on any atom is -0.329 e. The van der Waals surface area contributed by atoms with Crippen molar-refractivity contribution in [1.82, 2.24) is 0 Å². The van der Waals surface area contributed by atoms with E-state index in [1.54, 1.807) is 0 Å². The summed E-state index contributed by atoms with van der Waals surface area (Å²) in [5.41, 5.74) is 2.76. The van der Waals surface area contributed by atoms with Crippen LogP contribution in [0.1, 0.15) is 12.0 Å². The van der Waals surface area contributed by atoms with Gasteiger partial charge in [0.1, 0.15) is 0 Å². The minimum absolute atomic E-state index is 0.672. The molecule has 17 heavy (non-hydrogen) atoms. The van der Waals surface area contributed by atoms with Crippen LogP contribution in [0, 0.1) is 11.3 Å². The molecule has 0 bridgehead atoms. The van der Waals surface area contributed by atoms with E-state index in [1.807, 2.05) is 41.6 Å². The molecule has 0 aliphatic carbocycles. The Hall–Kier alpha value is -2.34. The summed E-state index contributed by atoms with van der Waals surface area (Å²) in [6, 6.07) is 9.58. The fraction of sp³-hybridized carbons (Fsp3) is 0.143. The van der Waals surface area contributed by atoms with Gasteiger partial charge in [0.15, 0.2) is 0 Å². The molecule has 0 radical (unpaired) electrons. The predicted molar refractivity (Wildman–Crippen MR) is 69.9 cm³/mol. The molecule has 1 aromatic rings. The van der Waals surface area contributed by atoms with Crippen LogP contribution < -0.4 is 4.90 Å². The molecule has 0 saturated carbocycles. The van der Waals surface area contributed by atoms with Gasteiger partial charge in [-0.15, -0.1) is 6.58 Å². The number of aliphatic imine (C=N–C) groups is 1. The summed E-state index contributed by atoms with van der Waals surface area (Å²) in [4.78, 5) is 6.38. The topological polar surface area (TPSA) is 39.4 Å². The van der Waals surface area contributed by atoms with E-state index >= 15 is 0 Å². The molecule has 1 heterocycles. The van der Waals surface area contributed by atoms with Crippen LogP contribution in [-0.2, 0) is 0 Å². The molecule has 3 heteroatoms. The number of nitrogens with zero attached hydrogens (tertiary/aromatic N) is 3. The highest BCUT2D eigenvalue weighted by atomic mass is 15.2. The molecule has 0 fully saturated rings. The van der Waals surface area contributed by atoms with Crippen LogP contribution in [0.3, 0.4) is 0 Å². The van der Waals surface area contributed by atoms with E-state index in [1.165, 1.54) is 0 Å². The molecular formula is C14H13N3. The van der Waals surface area contributed by atoms with Crippen LogP contribution >= 0.6 is 0 Å². The molecule has 0 unspecified atom stereocenters. The second-order valence-electron chi connectivity index (χ2n) is 3.74. The van der Waals surface area contributed by atoms with Crippen LogP contribution in [-0.4, -0.2) is 12.9 Å². The summed E-state index contributed by atoms with van der Waals surface area (Å²) >= 11 is 0. The van der Waals surface area contributed by atoms with Gasteiger partial charge >= 0.3 is 0 Å².